The van der Waals surface area contributed by atoms with Crippen molar-refractivity contribution >= 4 is 43.6 Å². The van der Waals surface area contributed by atoms with Crippen molar-refractivity contribution in [1.82, 2.24) is 19.1 Å². The van der Waals surface area contributed by atoms with Gasteiger partial charge in [-0.25, -0.2) is 9.97 Å². The molecule has 0 atom stereocenters. The highest BCUT2D eigenvalue weighted by Gasteiger charge is 2.17. The minimum atomic E-state index is 0.696. The molecule has 0 spiro atoms. The molecule has 3 aromatic heterocycles. The van der Waals surface area contributed by atoms with E-state index in [0.29, 0.717) is 5.82 Å². The van der Waals surface area contributed by atoms with E-state index < -0.39 is 0 Å². The fourth-order valence-corrected chi connectivity index (χ4v) is 9.04. The number of hydrogen-bond donors (Lipinski definition) is 0. The molecule has 0 N–H and O–H groups in total. The second-order valence-corrected chi connectivity index (χ2v) is 15.7. The van der Waals surface area contributed by atoms with Gasteiger partial charge in [-0.1, -0.05) is 158 Å². The van der Waals surface area contributed by atoms with E-state index in [9.17, 15) is 0 Å². The lowest BCUT2D eigenvalue weighted by Crippen LogP contribution is -1.96. The Kier molecular flexibility index (Phi) is 8.36. The molecule has 0 amide bonds. The van der Waals surface area contributed by atoms with E-state index in [1.807, 2.05) is 42.5 Å². The first-order chi connectivity index (χ1) is 30.7. The van der Waals surface area contributed by atoms with Crippen LogP contribution in [0.1, 0.15) is 0 Å². The molecule has 288 valence electrons. The first-order valence-corrected chi connectivity index (χ1v) is 20.9. The zero-order valence-electron chi connectivity index (χ0n) is 33.6. The number of aromatic nitrogens is 4. The summed E-state index contributed by atoms with van der Waals surface area (Å²) in [5, 5.41) is 4.83. The lowest BCUT2D eigenvalue weighted by molar-refractivity contribution is 1.18. The SMILES string of the molecule is c1ccc2c3ccccc3n(-c3cccc(-c4ccc5c6ccccc6n(-c6ccc(-c7cccc(-c8nc(-c9ccccc9)cc(-c9ccccc9)n8)c7)cc6)c5c4)c3)c2c#1. The van der Waals surface area contributed by atoms with Gasteiger partial charge in [-0.3, -0.25) is 0 Å². The molecule has 0 radical (unpaired) electrons. The Labute approximate surface area is 359 Å². The summed E-state index contributed by atoms with van der Waals surface area (Å²) < 4.78 is 4.69. The zero-order chi connectivity index (χ0) is 41.0. The standard InChI is InChI=1S/C58H36N4/c1-3-15-40(16-4-1)52-38-53(41-17-5-2-6-18-41)60-58(59-52)45-21-13-19-42(35-45)39-29-32-46(33-30-39)61-54-26-10-9-25-50(54)51-34-31-44(37-57(51)61)43-20-14-22-47(36-43)62-55-27-11-7-23-48(55)49-24-8-12-28-56(49)62/h1-11,13-27,29-38H. The summed E-state index contributed by atoms with van der Waals surface area (Å²) >= 11 is 0. The molecular formula is C58H36N4. The molecule has 9 aromatic carbocycles. The molecule has 12 rings (SSSR count). The lowest BCUT2D eigenvalue weighted by atomic mass is 10.0. The van der Waals surface area contributed by atoms with Crippen LogP contribution in [0.15, 0.2) is 218 Å². The number of benzene rings is 8. The molecule has 0 saturated carbocycles. The van der Waals surface area contributed by atoms with Crippen LogP contribution in [-0.4, -0.2) is 19.1 Å². The molecular weight excluding hydrogens is 753 g/mol. The summed E-state index contributed by atoms with van der Waals surface area (Å²) in [6, 6.07) is 83.8. The molecule has 4 nitrogen and oxygen atoms in total. The Hall–Kier alpha value is -8.52. The van der Waals surface area contributed by atoms with Crippen LogP contribution >= 0.6 is 0 Å². The topological polar surface area (TPSA) is 35.6 Å². The molecule has 0 bridgehead atoms. The van der Waals surface area contributed by atoms with Gasteiger partial charge in [0.15, 0.2) is 5.82 Å². The van der Waals surface area contributed by atoms with Crippen molar-refractivity contribution in [3.05, 3.63) is 231 Å². The highest BCUT2D eigenvalue weighted by Crippen LogP contribution is 2.38. The first kappa shape index (κ1) is 35.4. The van der Waals surface area contributed by atoms with Gasteiger partial charge in [0.1, 0.15) is 5.52 Å². The predicted molar refractivity (Wildman–Crippen MR) is 256 cm³/mol. The molecule has 0 aliphatic carbocycles. The van der Waals surface area contributed by atoms with Crippen LogP contribution < -0.4 is 0 Å². The molecule has 0 saturated heterocycles. The van der Waals surface area contributed by atoms with Crippen molar-refractivity contribution < 1.29 is 0 Å². The summed E-state index contributed by atoms with van der Waals surface area (Å²) in [4.78, 5) is 10.2. The number of hydrogen-bond acceptors (Lipinski definition) is 2. The summed E-state index contributed by atoms with van der Waals surface area (Å²) in [6.45, 7) is 0. The minimum Gasteiger partial charge on any atom is -0.309 e. The highest BCUT2D eigenvalue weighted by atomic mass is 15.0. The molecule has 0 unspecified atom stereocenters. The Morgan fingerprint density at radius 3 is 1.60 bits per heavy atom. The first-order valence-electron chi connectivity index (χ1n) is 20.9. The summed E-state index contributed by atoms with van der Waals surface area (Å²) in [5.74, 6) is 0.696. The van der Waals surface area contributed by atoms with E-state index >= 15 is 0 Å². The highest BCUT2D eigenvalue weighted by molar-refractivity contribution is 6.11. The van der Waals surface area contributed by atoms with Gasteiger partial charge in [0, 0.05) is 49.6 Å². The van der Waals surface area contributed by atoms with Crippen molar-refractivity contribution in [3.8, 4) is 67.5 Å². The molecule has 0 aliphatic rings. The maximum absolute atomic E-state index is 5.09. The third-order valence-electron chi connectivity index (χ3n) is 12.0. The Balaban J connectivity index is 0.926. The lowest BCUT2D eigenvalue weighted by Gasteiger charge is -2.12. The molecule has 3 heterocycles. The van der Waals surface area contributed by atoms with Crippen molar-refractivity contribution in [2.24, 2.45) is 0 Å². The van der Waals surface area contributed by atoms with Gasteiger partial charge in [0.25, 0.3) is 0 Å². The van der Waals surface area contributed by atoms with Crippen LogP contribution in [0.3, 0.4) is 0 Å². The average Bonchev–Trinajstić information content (AvgIpc) is 3.87. The second-order valence-electron chi connectivity index (χ2n) is 15.7. The van der Waals surface area contributed by atoms with Crippen molar-refractivity contribution in [3.63, 3.8) is 0 Å². The summed E-state index contributed by atoms with van der Waals surface area (Å²) in [6.07, 6.45) is 0. The normalized spacial score (nSPS) is 11.4. The van der Waals surface area contributed by atoms with E-state index in [4.69, 9.17) is 9.97 Å². The van der Waals surface area contributed by atoms with E-state index in [1.165, 1.54) is 27.1 Å². The number of fused-ring (bicyclic) bond motifs is 6. The summed E-state index contributed by atoms with van der Waals surface area (Å²) in [7, 11) is 0. The fraction of sp³-hybridized carbons (Fsp3) is 0. The van der Waals surface area contributed by atoms with Crippen LogP contribution in [0.4, 0.5) is 0 Å². The Bertz CT molecular complexity index is 3510. The van der Waals surface area contributed by atoms with Crippen LogP contribution in [0.5, 0.6) is 0 Å². The Morgan fingerprint density at radius 2 is 0.871 bits per heavy atom. The van der Waals surface area contributed by atoms with E-state index in [2.05, 4.69) is 197 Å². The minimum absolute atomic E-state index is 0.696. The number of rotatable bonds is 7. The fourth-order valence-electron chi connectivity index (χ4n) is 9.04. The summed E-state index contributed by atoms with van der Waals surface area (Å²) in [5.41, 5.74) is 16.1. The quantitative estimate of drug-likeness (QED) is 0.161. The van der Waals surface area contributed by atoms with E-state index in [-0.39, 0.29) is 0 Å². The molecule has 62 heavy (non-hydrogen) atoms. The molecule has 12 aromatic rings. The third kappa shape index (κ3) is 6.03. The largest absolute Gasteiger partial charge is 0.309 e. The van der Waals surface area contributed by atoms with Gasteiger partial charge in [0.2, 0.25) is 0 Å². The second kappa shape index (κ2) is 14.6. The zero-order valence-corrected chi connectivity index (χ0v) is 33.6. The van der Waals surface area contributed by atoms with Crippen LogP contribution in [0, 0.1) is 12.1 Å². The maximum atomic E-state index is 5.09. The van der Waals surface area contributed by atoms with Crippen LogP contribution in [-0.2, 0) is 0 Å². The van der Waals surface area contributed by atoms with Crippen molar-refractivity contribution in [1.29, 1.82) is 0 Å². The Morgan fingerprint density at radius 1 is 0.323 bits per heavy atom. The monoisotopic (exact) mass is 788 g/mol. The van der Waals surface area contributed by atoms with Gasteiger partial charge in [-0.15, -0.1) is 0 Å². The number of nitrogens with zero attached hydrogens (tertiary/aromatic N) is 4. The van der Waals surface area contributed by atoms with Gasteiger partial charge < -0.3 is 9.13 Å². The third-order valence-corrected chi connectivity index (χ3v) is 12.0. The van der Waals surface area contributed by atoms with Crippen molar-refractivity contribution in [2.45, 2.75) is 0 Å². The van der Waals surface area contributed by atoms with Crippen LogP contribution in [0.2, 0.25) is 0 Å². The van der Waals surface area contributed by atoms with Crippen LogP contribution in [0.25, 0.3) is 111 Å². The van der Waals surface area contributed by atoms with Gasteiger partial charge in [-0.2, -0.15) is 0 Å². The number of para-hydroxylation sites is 2. The van der Waals surface area contributed by atoms with Gasteiger partial charge >= 0.3 is 0 Å². The maximum Gasteiger partial charge on any atom is 0.160 e. The molecule has 0 aliphatic heterocycles. The van der Waals surface area contributed by atoms with Crippen molar-refractivity contribution in [2.75, 3.05) is 0 Å². The smallest absolute Gasteiger partial charge is 0.160 e. The van der Waals surface area contributed by atoms with E-state index in [0.717, 1.165) is 78.3 Å². The molecule has 4 heteroatoms. The van der Waals surface area contributed by atoms with Gasteiger partial charge in [0.05, 0.1) is 27.9 Å². The van der Waals surface area contributed by atoms with Gasteiger partial charge in [-0.05, 0) is 95.1 Å². The van der Waals surface area contributed by atoms with E-state index in [1.54, 1.807) is 0 Å². The molecule has 0 fully saturated rings. The average molecular weight is 789 g/mol. The predicted octanol–water partition coefficient (Wildman–Crippen LogP) is 14.6.